The van der Waals surface area contributed by atoms with Gasteiger partial charge in [-0.15, -0.1) is 0 Å². The van der Waals surface area contributed by atoms with Gasteiger partial charge in [-0.05, 0) is 12.1 Å². The summed E-state index contributed by atoms with van der Waals surface area (Å²) in [6, 6.07) is 10.4. The van der Waals surface area contributed by atoms with Crippen molar-refractivity contribution in [3.05, 3.63) is 42.9 Å². The topological polar surface area (TPSA) is 96.2 Å². The Bertz CT molecular complexity index is 1040. The Morgan fingerprint density at radius 1 is 1.04 bits per heavy atom. The predicted molar refractivity (Wildman–Crippen MR) is 109 cm³/mol. The van der Waals surface area contributed by atoms with Crippen molar-refractivity contribution < 1.29 is 8.42 Å². The Kier molecular flexibility index (Phi) is 5.14. The highest BCUT2D eigenvalue weighted by molar-refractivity contribution is 7.88. The second-order valence-corrected chi connectivity index (χ2v) is 8.61. The van der Waals surface area contributed by atoms with Gasteiger partial charge in [-0.3, -0.25) is 0 Å². The number of piperazine rings is 1. The summed E-state index contributed by atoms with van der Waals surface area (Å²) in [5, 5.41) is 5.26. The third kappa shape index (κ3) is 4.07. The SMILES string of the molecule is CS(=O)(=O)NCCn1ncc2c(N3CCN(c4ccccc4)CC3)ncnc21. The molecule has 10 heteroatoms. The number of anilines is 2. The summed E-state index contributed by atoms with van der Waals surface area (Å²) >= 11 is 0. The van der Waals surface area contributed by atoms with E-state index in [9.17, 15) is 8.42 Å². The highest BCUT2D eigenvalue weighted by Gasteiger charge is 2.21. The number of benzene rings is 1. The van der Waals surface area contributed by atoms with E-state index < -0.39 is 10.0 Å². The van der Waals surface area contributed by atoms with Gasteiger partial charge in [0.25, 0.3) is 0 Å². The molecule has 1 aliphatic heterocycles. The van der Waals surface area contributed by atoms with Crippen LogP contribution in [0.25, 0.3) is 11.0 Å². The Hall–Kier alpha value is -2.72. The number of hydrogen-bond acceptors (Lipinski definition) is 7. The highest BCUT2D eigenvalue weighted by atomic mass is 32.2. The van der Waals surface area contributed by atoms with Crippen LogP contribution < -0.4 is 14.5 Å². The number of para-hydroxylation sites is 1. The van der Waals surface area contributed by atoms with Gasteiger partial charge in [0.2, 0.25) is 10.0 Å². The minimum atomic E-state index is -3.22. The van der Waals surface area contributed by atoms with Gasteiger partial charge in [0, 0.05) is 38.4 Å². The third-order valence-electron chi connectivity index (χ3n) is 4.80. The van der Waals surface area contributed by atoms with Gasteiger partial charge in [-0.2, -0.15) is 5.10 Å². The van der Waals surface area contributed by atoms with Gasteiger partial charge in [-0.1, -0.05) is 18.2 Å². The molecular weight excluding hydrogens is 378 g/mol. The predicted octanol–water partition coefficient (Wildman–Crippen LogP) is 0.702. The number of fused-ring (bicyclic) bond motifs is 1. The molecule has 0 aliphatic carbocycles. The number of rotatable bonds is 6. The van der Waals surface area contributed by atoms with E-state index in [0.717, 1.165) is 43.6 Å². The van der Waals surface area contributed by atoms with Crippen LogP contribution in [0, 0.1) is 0 Å². The van der Waals surface area contributed by atoms with Crippen molar-refractivity contribution in [2.75, 3.05) is 48.8 Å². The second kappa shape index (κ2) is 7.72. The molecule has 9 nitrogen and oxygen atoms in total. The number of hydrogen-bond donors (Lipinski definition) is 1. The molecule has 0 bridgehead atoms. The average Bonchev–Trinajstić information content (AvgIpc) is 3.11. The second-order valence-electron chi connectivity index (χ2n) is 6.78. The van der Waals surface area contributed by atoms with E-state index in [1.54, 1.807) is 17.2 Å². The molecule has 1 saturated heterocycles. The molecule has 3 heterocycles. The summed E-state index contributed by atoms with van der Waals surface area (Å²) in [7, 11) is -3.22. The fourth-order valence-corrected chi connectivity index (χ4v) is 3.91. The van der Waals surface area contributed by atoms with Crippen LogP contribution in [0.4, 0.5) is 11.5 Å². The molecule has 0 unspecified atom stereocenters. The zero-order chi connectivity index (χ0) is 19.6. The van der Waals surface area contributed by atoms with Crippen LogP contribution >= 0.6 is 0 Å². The first kappa shape index (κ1) is 18.6. The Morgan fingerprint density at radius 3 is 2.46 bits per heavy atom. The van der Waals surface area contributed by atoms with Crippen molar-refractivity contribution in [3.63, 3.8) is 0 Å². The molecule has 1 N–H and O–H groups in total. The van der Waals surface area contributed by atoms with Gasteiger partial charge in [-0.25, -0.2) is 27.8 Å². The van der Waals surface area contributed by atoms with E-state index >= 15 is 0 Å². The van der Waals surface area contributed by atoms with E-state index in [0.29, 0.717) is 12.2 Å². The van der Waals surface area contributed by atoms with Crippen molar-refractivity contribution in [3.8, 4) is 0 Å². The van der Waals surface area contributed by atoms with E-state index in [1.807, 2.05) is 6.07 Å². The first-order chi connectivity index (χ1) is 13.5. The summed E-state index contributed by atoms with van der Waals surface area (Å²) in [5.41, 5.74) is 1.95. The van der Waals surface area contributed by atoms with E-state index in [-0.39, 0.29) is 6.54 Å². The largest absolute Gasteiger partial charge is 0.368 e. The number of nitrogens with one attached hydrogen (secondary N) is 1. The zero-order valence-corrected chi connectivity index (χ0v) is 16.5. The van der Waals surface area contributed by atoms with Crippen LogP contribution in [-0.2, 0) is 16.6 Å². The number of nitrogens with zero attached hydrogens (tertiary/aromatic N) is 6. The molecule has 28 heavy (non-hydrogen) atoms. The normalized spacial score (nSPS) is 15.3. The smallest absolute Gasteiger partial charge is 0.208 e. The molecular formula is C18H23N7O2S. The molecule has 0 radical (unpaired) electrons. The van der Waals surface area contributed by atoms with Gasteiger partial charge >= 0.3 is 0 Å². The fraction of sp³-hybridized carbons (Fsp3) is 0.389. The van der Waals surface area contributed by atoms with Crippen LogP contribution in [0.2, 0.25) is 0 Å². The van der Waals surface area contributed by atoms with Crippen molar-refractivity contribution in [2.24, 2.45) is 0 Å². The van der Waals surface area contributed by atoms with Gasteiger partial charge in [0.05, 0.1) is 24.4 Å². The maximum Gasteiger partial charge on any atom is 0.208 e. The first-order valence-corrected chi connectivity index (χ1v) is 11.1. The summed E-state index contributed by atoms with van der Waals surface area (Å²) < 4.78 is 26.7. The van der Waals surface area contributed by atoms with Gasteiger partial charge in [0.15, 0.2) is 5.65 Å². The van der Waals surface area contributed by atoms with Crippen molar-refractivity contribution >= 4 is 32.6 Å². The van der Waals surface area contributed by atoms with Crippen molar-refractivity contribution in [1.82, 2.24) is 24.5 Å². The van der Waals surface area contributed by atoms with Crippen LogP contribution in [0.5, 0.6) is 0 Å². The van der Waals surface area contributed by atoms with Crippen LogP contribution in [0.15, 0.2) is 42.9 Å². The Balaban J connectivity index is 1.48. The number of sulfonamides is 1. The highest BCUT2D eigenvalue weighted by Crippen LogP contribution is 2.25. The molecule has 0 amide bonds. The molecule has 3 aromatic rings. The molecule has 0 saturated carbocycles. The average molecular weight is 401 g/mol. The summed E-state index contributed by atoms with van der Waals surface area (Å²) in [5.74, 6) is 0.875. The lowest BCUT2D eigenvalue weighted by atomic mass is 10.2. The monoisotopic (exact) mass is 401 g/mol. The molecule has 0 spiro atoms. The van der Waals surface area contributed by atoms with E-state index in [1.165, 1.54) is 5.69 Å². The standard InChI is InChI=1S/C18H23N7O2S/c1-28(26,27)22-7-8-25-18-16(13-21-25)17(19-14-20-18)24-11-9-23(10-12-24)15-5-3-2-4-6-15/h2-6,13-14,22H,7-12H2,1H3. The first-order valence-electron chi connectivity index (χ1n) is 9.17. The van der Waals surface area contributed by atoms with Crippen molar-refractivity contribution in [2.45, 2.75) is 6.54 Å². The molecule has 148 valence electrons. The lowest BCUT2D eigenvalue weighted by Gasteiger charge is -2.36. The minimum absolute atomic E-state index is 0.269. The molecule has 1 aliphatic rings. The van der Waals surface area contributed by atoms with Crippen LogP contribution in [0.1, 0.15) is 0 Å². The van der Waals surface area contributed by atoms with Gasteiger partial charge in [0.1, 0.15) is 12.1 Å². The fourth-order valence-electron chi connectivity index (χ4n) is 3.45. The van der Waals surface area contributed by atoms with E-state index in [4.69, 9.17) is 0 Å². The lowest BCUT2D eigenvalue weighted by Crippen LogP contribution is -2.46. The maximum atomic E-state index is 11.2. The lowest BCUT2D eigenvalue weighted by molar-refractivity contribution is 0.569. The molecule has 1 fully saturated rings. The molecule has 0 atom stereocenters. The van der Waals surface area contributed by atoms with E-state index in [2.05, 4.69) is 53.9 Å². The molecule has 4 rings (SSSR count). The summed E-state index contributed by atoms with van der Waals surface area (Å²) in [6.45, 7) is 4.24. The summed E-state index contributed by atoms with van der Waals surface area (Å²) in [6.07, 6.45) is 4.45. The van der Waals surface area contributed by atoms with Gasteiger partial charge < -0.3 is 9.80 Å². The minimum Gasteiger partial charge on any atom is -0.368 e. The molecule has 1 aromatic carbocycles. The third-order valence-corrected chi connectivity index (χ3v) is 5.53. The van der Waals surface area contributed by atoms with Crippen LogP contribution in [-0.4, -0.2) is 67.1 Å². The van der Waals surface area contributed by atoms with Crippen LogP contribution in [0.3, 0.4) is 0 Å². The summed E-state index contributed by atoms with van der Waals surface area (Å²) in [4.78, 5) is 13.5. The number of aromatic nitrogens is 4. The zero-order valence-electron chi connectivity index (χ0n) is 15.7. The Labute approximate surface area is 164 Å². The maximum absolute atomic E-state index is 11.2. The molecule has 2 aromatic heterocycles. The quantitative estimate of drug-likeness (QED) is 0.649. The van der Waals surface area contributed by atoms with Crippen molar-refractivity contribution in [1.29, 1.82) is 0 Å². The Morgan fingerprint density at radius 2 is 1.75 bits per heavy atom.